The molecule has 3 aromatic rings. The Morgan fingerprint density at radius 2 is 1.96 bits per heavy atom. The summed E-state index contributed by atoms with van der Waals surface area (Å²) in [6.45, 7) is 4.14. The lowest BCUT2D eigenvalue weighted by Gasteiger charge is -2.28. The highest BCUT2D eigenvalue weighted by atomic mass is 32.2. The van der Waals surface area contributed by atoms with Crippen molar-refractivity contribution in [2.45, 2.75) is 6.92 Å². The second kappa shape index (κ2) is 7.01. The Labute approximate surface area is 155 Å². The number of thiazole rings is 1. The van der Waals surface area contributed by atoms with Crippen molar-refractivity contribution in [2.75, 3.05) is 35.2 Å². The highest BCUT2D eigenvalue weighted by Crippen LogP contribution is 2.31. The maximum atomic E-state index is 5.83. The van der Waals surface area contributed by atoms with Gasteiger partial charge in [-0.15, -0.1) is 0 Å². The van der Waals surface area contributed by atoms with E-state index in [1.165, 1.54) is 28.5 Å². The summed E-state index contributed by atoms with van der Waals surface area (Å²) in [5.41, 5.74) is 9.88. The van der Waals surface area contributed by atoms with E-state index in [1.54, 1.807) is 6.20 Å². The Bertz CT molecular complexity index is 887. The molecule has 0 amide bonds. The number of nitrogen functional groups attached to an aromatic ring is 1. The molecule has 7 heteroatoms. The van der Waals surface area contributed by atoms with Crippen LogP contribution in [0.5, 0.6) is 0 Å². The van der Waals surface area contributed by atoms with Gasteiger partial charge < -0.3 is 10.6 Å². The molecule has 1 saturated heterocycles. The van der Waals surface area contributed by atoms with Crippen LogP contribution in [0.2, 0.25) is 0 Å². The van der Waals surface area contributed by atoms with Crippen LogP contribution in [0.15, 0.2) is 36.5 Å². The topological polar surface area (TPSA) is 67.9 Å². The van der Waals surface area contributed by atoms with Gasteiger partial charge in [0, 0.05) is 42.0 Å². The molecule has 1 fully saturated rings. The van der Waals surface area contributed by atoms with Gasteiger partial charge in [0.05, 0.1) is 16.3 Å². The van der Waals surface area contributed by atoms with Gasteiger partial charge >= 0.3 is 0 Å². The van der Waals surface area contributed by atoms with Gasteiger partial charge in [-0.3, -0.25) is 0 Å². The molecule has 5 nitrogen and oxygen atoms in total. The maximum absolute atomic E-state index is 5.83. The Morgan fingerprint density at radius 1 is 1.12 bits per heavy atom. The highest BCUT2D eigenvalue weighted by Gasteiger charge is 2.14. The van der Waals surface area contributed by atoms with E-state index in [2.05, 4.69) is 39.1 Å². The van der Waals surface area contributed by atoms with Crippen LogP contribution in [0.4, 0.5) is 10.8 Å². The number of aromatic nitrogens is 3. The molecule has 0 aliphatic carbocycles. The van der Waals surface area contributed by atoms with Crippen molar-refractivity contribution in [3.05, 3.63) is 42.2 Å². The van der Waals surface area contributed by atoms with Crippen LogP contribution in [0.25, 0.3) is 22.0 Å². The maximum Gasteiger partial charge on any atom is 0.180 e. The minimum absolute atomic E-state index is 0.567. The molecule has 0 atom stereocenters. The van der Waals surface area contributed by atoms with Crippen LogP contribution >= 0.6 is 23.1 Å². The molecule has 1 aliphatic rings. The Hall–Kier alpha value is -2.12. The Morgan fingerprint density at radius 3 is 2.72 bits per heavy atom. The van der Waals surface area contributed by atoms with E-state index in [0.29, 0.717) is 5.13 Å². The van der Waals surface area contributed by atoms with Crippen LogP contribution in [0, 0.1) is 6.92 Å². The second-order valence-corrected chi connectivity index (χ2v) is 8.14. The van der Waals surface area contributed by atoms with E-state index >= 15 is 0 Å². The molecule has 2 N–H and O–H groups in total. The van der Waals surface area contributed by atoms with Gasteiger partial charge in [0.1, 0.15) is 0 Å². The number of nitrogens with zero attached hydrogens (tertiary/aromatic N) is 4. The average Bonchev–Trinajstić information content (AvgIpc) is 3.01. The zero-order valence-electron chi connectivity index (χ0n) is 14.0. The number of hydrogen-bond acceptors (Lipinski definition) is 7. The molecule has 3 heterocycles. The van der Waals surface area contributed by atoms with Crippen molar-refractivity contribution >= 4 is 33.9 Å². The van der Waals surface area contributed by atoms with E-state index in [0.717, 1.165) is 40.7 Å². The molecule has 0 spiro atoms. The predicted molar refractivity (Wildman–Crippen MR) is 107 cm³/mol. The van der Waals surface area contributed by atoms with Crippen molar-refractivity contribution in [2.24, 2.45) is 0 Å². The largest absolute Gasteiger partial charge is 0.375 e. The second-order valence-electron chi connectivity index (χ2n) is 5.88. The van der Waals surface area contributed by atoms with Crippen molar-refractivity contribution in [3.8, 4) is 22.0 Å². The number of hydrogen-bond donors (Lipinski definition) is 1. The number of rotatable bonds is 3. The number of thioether (sulfide) groups is 1. The molecule has 128 valence electrons. The van der Waals surface area contributed by atoms with Gasteiger partial charge in [-0.1, -0.05) is 23.5 Å². The molecule has 0 radical (unpaired) electrons. The summed E-state index contributed by atoms with van der Waals surface area (Å²) in [6.07, 6.45) is 1.80. The van der Waals surface area contributed by atoms with Gasteiger partial charge in [-0.25, -0.2) is 15.0 Å². The zero-order valence-corrected chi connectivity index (χ0v) is 15.6. The third kappa shape index (κ3) is 3.48. The highest BCUT2D eigenvalue weighted by molar-refractivity contribution is 7.99. The summed E-state index contributed by atoms with van der Waals surface area (Å²) in [5.74, 6) is 3.10. The van der Waals surface area contributed by atoms with Crippen LogP contribution in [0.1, 0.15) is 5.69 Å². The summed E-state index contributed by atoms with van der Waals surface area (Å²) >= 11 is 3.48. The van der Waals surface area contributed by atoms with E-state index in [1.807, 2.05) is 24.8 Å². The summed E-state index contributed by atoms with van der Waals surface area (Å²) in [7, 11) is 0. The molecular formula is C18H19N5S2. The van der Waals surface area contributed by atoms with E-state index in [9.17, 15) is 0 Å². The molecule has 4 rings (SSSR count). The van der Waals surface area contributed by atoms with Gasteiger partial charge in [0.25, 0.3) is 0 Å². The first-order valence-corrected chi connectivity index (χ1v) is 10.2. The lowest BCUT2D eigenvalue weighted by Crippen LogP contribution is -2.32. The quantitative estimate of drug-likeness (QED) is 0.759. The first-order chi connectivity index (χ1) is 12.2. The van der Waals surface area contributed by atoms with Crippen LogP contribution in [0.3, 0.4) is 0 Å². The minimum atomic E-state index is 0.567. The van der Waals surface area contributed by atoms with Gasteiger partial charge in [0.2, 0.25) is 0 Å². The molecule has 1 aliphatic heterocycles. The number of benzene rings is 1. The molecule has 25 heavy (non-hydrogen) atoms. The van der Waals surface area contributed by atoms with Crippen molar-refractivity contribution in [1.82, 2.24) is 15.0 Å². The smallest absolute Gasteiger partial charge is 0.180 e. The fourth-order valence-electron chi connectivity index (χ4n) is 2.94. The summed E-state index contributed by atoms with van der Waals surface area (Å²) in [6, 6.07) is 10.4. The van der Waals surface area contributed by atoms with Gasteiger partial charge in [0.15, 0.2) is 11.0 Å². The van der Waals surface area contributed by atoms with Crippen molar-refractivity contribution in [1.29, 1.82) is 0 Å². The number of nitrogens with two attached hydrogens (primary N) is 1. The van der Waals surface area contributed by atoms with Crippen LogP contribution < -0.4 is 10.6 Å². The zero-order chi connectivity index (χ0) is 17.2. The lowest BCUT2D eigenvalue weighted by molar-refractivity contribution is 0.859. The fraction of sp³-hybridized carbons (Fsp3) is 0.278. The van der Waals surface area contributed by atoms with E-state index < -0.39 is 0 Å². The van der Waals surface area contributed by atoms with Gasteiger partial charge in [-0.2, -0.15) is 11.8 Å². The molecule has 1 aromatic carbocycles. The van der Waals surface area contributed by atoms with Crippen LogP contribution in [-0.4, -0.2) is 39.5 Å². The van der Waals surface area contributed by atoms with Crippen molar-refractivity contribution in [3.63, 3.8) is 0 Å². The molecule has 0 unspecified atom stereocenters. The third-order valence-electron chi connectivity index (χ3n) is 4.18. The fourth-order valence-corrected chi connectivity index (χ4v) is 4.65. The average molecular weight is 370 g/mol. The molecular weight excluding hydrogens is 350 g/mol. The summed E-state index contributed by atoms with van der Waals surface area (Å²) in [5, 5.41) is 0.567. The molecule has 0 saturated carbocycles. The summed E-state index contributed by atoms with van der Waals surface area (Å²) < 4.78 is 0. The first-order valence-electron chi connectivity index (χ1n) is 8.20. The number of aryl methyl sites for hydroxylation is 1. The first kappa shape index (κ1) is 16.4. The predicted octanol–water partition coefficient (Wildman–Crippen LogP) is 3.71. The van der Waals surface area contributed by atoms with E-state index in [-0.39, 0.29) is 0 Å². The normalized spacial score (nSPS) is 14.7. The third-order valence-corrected chi connectivity index (χ3v) is 6.13. The molecule has 0 bridgehead atoms. The molecule has 2 aromatic heterocycles. The Kier molecular flexibility index (Phi) is 4.59. The lowest BCUT2D eigenvalue weighted by atomic mass is 10.1. The Balaban J connectivity index is 1.68. The van der Waals surface area contributed by atoms with Crippen LogP contribution in [-0.2, 0) is 0 Å². The minimum Gasteiger partial charge on any atom is -0.375 e. The van der Waals surface area contributed by atoms with Crippen molar-refractivity contribution < 1.29 is 0 Å². The number of anilines is 2. The SMILES string of the molecule is Cc1nc(N)sc1-c1ccnc(-c2cccc(N3CCSCC3)c2)n1. The monoisotopic (exact) mass is 369 g/mol. The summed E-state index contributed by atoms with van der Waals surface area (Å²) in [4.78, 5) is 17.0. The standard InChI is InChI=1S/C18H19N5S2/c1-12-16(25-18(19)21-12)15-5-6-20-17(22-15)13-3-2-4-14(11-13)23-7-9-24-10-8-23/h2-6,11H,7-10H2,1H3,(H2,19,21). The van der Waals surface area contributed by atoms with Gasteiger partial charge in [-0.05, 0) is 25.1 Å². The van der Waals surface area contributed by atoms with E-state index in [4.69, 9.17) is 10.7 Å².